The molecule has 0 atom stereocenters. The van der Waals surface area contributed by atoms with E-state index in [4.69, 9.17) is 0 Å². The molecule has 0 bridgehead atoms. The second-order valence-corrected chi connectivity index (χ2v) is 1.82. The minimum atomic E-state index is -0.532. The lowest BCUT2D eigenvalue weighted by Crippen LogP contribution is -1.91. The Kier molecular flexibility index (Phi) is 5.41. The smallest absolute Gasteiger partial charge is 0.364 e. The zero-order valence-electron chi connectivity index (χ0n) is 5.33. The second-order valence-electron chi connectivity index (χ2n) is 1.46. The maximum absolute atomic E-state index is 10.0. The van der Waals surface area contributed by atoms with Gasteiger partial charge >= 0.3 is 5.30 Å². The SMILES string of the molecule is CCC=CCOC(=O)S. The summed E-state index contributed by atoms with van der Waals surface area (Å²) in [5.74, 6) is 0. The van der Waals surface area contributed by atoms with Crippen LogP contribution in [0.1, 0.15) is 13.3 Å². The van der Waals surface area contributed by atoms with E-state index < -0.39 is 5.30 Å². The number of hydrogen-bond acceptors (Lipinski definition) is 2. The fourth-order valence-corrected chi connectivity index (χ4v) is 0.429. The molecule has 0 amide bonds. The zero-order chi connectivity index (χ0) is 7.11. The first-order chi connectivity index (χ1) is 4.27. The van der Waals surface area contributed by atoms with Crippen molar-refractivity contribution in [1.82, 2.24) is 0 Å². The van der Waals surface area contributed by atoms with Crippen LogP contribution in [0.15, 0.2) is 12.2 Å². The highest BCUT2D eigenvalue weighted by atomic mass is 32.1. The van der Waals surface area contributed by atoms with Crippen LogP contribution in [0, 0.1) is 0 Å². The molecule has 0 aromatic rings. The molecule has 0 aromatic carbocycles. The third-order valence-corrected chi connectivity index (χ3v) is 0.835. The standard InChI is InChI=1S/C6H10O2S/c1-2-3-4-5-8-6(7)9/h3-4H,2,5H2,1H3,(H,7,9). The predicted molar refractivity (Wildman–Crippen MR) is 39.8 cm³/mol. The van der Waals surface area contributed by atoms with Gasteiger partial charge in [-0.25, -0.2) is 4.79 Å². The quantitative estimate of drug-likeness (QED) is 0.374. The van der Waals surface area contributed by atoms with Gasteiger partial charge in [-0.05, 0) is 6.42 Å². The summed E-state index contributed by atoms with van der Waals surface area (Å²) in [4.78, 5) is 10.0. The molecule has 0 radical (unpaired) electrons. The van der Waals surface area contributed by atoms with E-state index in [1.165, 1.54) is 0 Å². The van der Waals surface area contributed by atoms with E-state index in [0.29, 0.717) is 6.61 Å². The van der Waals surface area contributed by atoms with E-state index in [2.05, 4.69) is 17.4 Å². The summed E-state index contributed by atoms with van der Waals surface area (Å²) < 4.78 is 4.48. The Morgan fingerprint density at radius 2 is 2.33 bits per heavy atom. The Labute approximate surface area is 60.3 Å². The number of ether oxygens (including phenoxy) is 1. The number of rotatable bonds is 3. The highest BCUT2D eigenvalue weighted by Crippen LogP contribution is 1.86. The number of hydrogen-bond donors (Lipinski definition) is 1. The van der Waals surface area contributed by atoms with Crippen LogP contribution in [-0.4, -0.2) is 11.9 Å². The summed E-state index contributed by atoms with van der Waals surface area (Å²) >= 11 is 3.41. The predicted octanol–water partition coefficient (Wildman–Crippen LogP) is 2.02. The fraction of sp³-hybridized carbons (Fsp3) is 0.500. The van der Waals surface area contributed by atoms with Crippen molar-refractivity contribution in [2.24, 2.45) is 0 Å². The van der Waals surface area contributed by atoms with Gasteiger partial charge in [0.25, 0.3) is 0 Å². The van der Waals surface area contributed by atoms with Gasteiger partial charge < -0.3 is 4.74 Å². The Hall–Kier alpha value is -0.440. The Bertz CT molecular complexity index is 110. The molecule has 0 saturated carbocycles. The molecule has 0 rings (SSSR count). The molecule has 0 N–H and O–H groups in total. The first-order valence-electron chi connectivity index (χ1n) is 2.78. The molecular formula is C6H10O2S. The molecule has 0 saturated heterocycles. The molecule has 0 unspecified atom stereocenters. The fourth-order valence-electron chi connectivity index (χ4n) is 0.354. The van der Waals surface area contributed by atoms with Gasteiger partial charge in [-0.15, -0.1) is 0 Å². The van der Waals surface area contributed by atoms with Crippen molar-refractivity contribution in [2.75, 3.05) is 6.61 Å². The van der Waals surface area contributed by atoms with Gasteiger partial charge in [-0.1, -0.05) is 31.7 Å². The van der Waals surface area contributed by atoms with Crippen LogP contribution < -0.4 is 0 Å². The lowest BCUT2D eigenvalue weighted by Gasteiger charge is -1.91. The van der Waals surface area contributed by atoms with Crippen molar-refractivity contribution in [3.8, 4) is 0 Å². The summed E-state index contributed by atoms with van der Waals surface area (Å²) in [5.41, 5.74) is 0. The molecule has 0 aliphatic rings. The Balaban J connectivity index is 3.09. The molecule has 0 heterocycles. The van der Waals surface area contributed by atoms with Gasteiger partial charge in [-0.2, -0.15) is 0 Å². The molecule has 0 spiro atoms. The van der Waals surface area contributed by atoms with E-state index >= 15 is 0 Å². The van der Waals surface area contributed by atoms with Gasteiger partial charge in [0.1, 0.15) is 6.61 Å². The molecule has 2 nitrogen and oxygen atoms in total. The largest absolute Gasteiger partial charge is 0.454 e. The van der Waals surface area contributed by atoms with Crippen LogP contribution in [0.5, 0.6) is 0 Å². The van der Waals surface area contributed by atoms with Gasteiger partial charge in [-0.3, -0.25) is 0 Å². The van der Waals surface area contributed by atoms with Gasteiger partial charge in [0, 0.05) is 0 Å². The average molecular weight is 146 g/mol. The van der Waals surface area contributed by atoms with Crippen molar-refractivity contribution in [3.05, 3.63) is 12.2 Å². The minimum Gasteiger partial charge on any atom is -0.454 e. The van der Waals surface area contributed by atoms with E-state index in [0.717, 1.165) is 6.42 Å². The monoisotopic (exact) mass is 146 g/mol. The van der Waals surface area contributed by atoms with E-state index in [-0.39, 0.29) is 0 Å². The van der Waals surface area contributed by atoms with Crippen LogP contribution >= 0.6 is 12.6 Å². The van der Waals surface area contributed by atoms with E-state index in [1.54, 1.807) is 6.08 Å². The molecular weight excluding hydrogens is 136 g/mol. The summed E-state index contributed by atoms with van der Waals surface area (Å²) in [6.45, 7) is 2.34. The van der Waals surface area contributed by atoms with Gasteiger partial charge in [0.15, 0.2) is 0 Å². The van der Waals surface area contributed by atoms with E-state index in [9.17, 15) is 4.79 Å². The van der Waals surface area contributed by atoms with Crippen LogP contribution in [0.3, 0.4) is 0 Å². The van der Waals surface area contributed by atoms with Crippen LogP contribution in [0.4, 0.5) is 4.79 Å². The van der Waals surface area contributed by atoms with Crippen molar-refractivity contribution in [3.63, 3.8) is 0 Å². The van der Waals surface area contributed by atoms with Crippen LogP contribution in [0.2, 0.25) is 0 Å². The number of allylic oxidation sites excluding steroid dienone is 1. The van der Waals surface area contributed by atoms with Gasteiger partial charge in [0.2, 0.25) is 0 Å². The molecule has 0 aromatic heterocycles. The minimum absolute atomic E-state index is 0.330. The van der Waals surface area contributed by atoms with Crippen LogP contribution in [-0.2, 0) is 4.74 Å². The number of carbonyl (C=O) groups excluding carboxylic acids is 1. The van der Waals surface area contributed by atoms with Crippen molar-refractivity contribution < 1.29 is 9.53 Å². The van der Waals surface area contributed by atoms with Crippen LogP contribution in [0.25, 0.3) is 0 Å². The average Bonchev–Trinajstić information content (AvgIpc) is 1.80. The second kappa shape index (κ2) is 5.69. The zero-order valence-corrected chi connectivity index (χ0v) is 6.23. The lowest BCUT2D eigenvalue weighted by molar-refractivity contribution is 0.188. The highest BCUT2D eigenvalue weighted by molar-refractivity contribution is 7.96. The van der Waals surface area contributed by atoms with Crippen molar-refractivity contribution in [1.29, 1.82) is 0 Å². The third kappa shape index (κ3) is 7.56. The maximum Gasteiger partial charge on any atom is 0.364 e. The molecule has 0 aliphatic carbocycles. The number of thiol groups is 1. The molecule has 52 valence electrons. The topological polar surface area (TPSA) is 26.3 Å². The van der Waals surface area contributed by atoms with Crippen molar-refractivity contribution in [2.45, 2.75) is 13.3 Å². The molecule has 0 fully saturated rings. The molecule has 0 aliphatic heterocycles. The summed E-state index contributed by atoms with van der Waals surface area (Å²) in [6.07, 6.45) is 4.68. The van der Waals surface area contributed by atoms with Crippen molar-refractivity contribution >= 4 is 17.9 Å². The third-order valence-electron chi connectivity index (χ3n) is 0.705. The molecule has 3 heteroatoms. The first-order valence-corrected chi connectivity index (χ1v) is 3.22. The summed E-state index contributed by atoms with van der Waals surface area (Å²) in [5, 5.41) is -0.532. The lowest BCUT2D eigenvalue weighted by atomic mass is 10.4. The Morgan fingerprint density at radius 1 is 1.67 bits per heavy atom. The maximum atomic E-state index is 10.0. The van der Waals surface area contributed by atoms with Gasteiger partial charge in [0.05, 0.1) is 0 Å². The summed E-state index contributed by atoms with van der Waals surface area (Å²) in [6, 6.07) is 0. The summed E-state index contributed by atoms with van der Waals surface area (Å²) in [7, 11) is 0. The normalized spacial score (nSPS) is 10.0. The van der Waals surface area contributed by atoms with E-state index in [1.807, 2.05) is 13.0 Å². The first kappa shape index (κ1) is 8.56. The molecule has 9 heavy (non-hydrogen) atoms. The number of carbonyl (C=O) groups is 1. The highest BCUT2D eigenvalue weighted by Gasteiger charge is 1.86. The Morgan fingerprint density at radius 3 is 2.78 bits per heavy atom.